The Morgan fingerprint density at radius 3 is 2.58 bits per heavy atom. The van der Waals surface area contributed by atoms with Crippen molar-refractivity contribution < 1.29 is 17.9 Å². The van der Waals surface area contributed by atoms with Gasteiger partial charge < -0.3 is 4.74 Å². The second-order valence-corrected chi connectivity index (χ2v) is 6.80. The van der Waals surface area contributed by atoms with E-state index in [1.165, 1.54) is 22.5 Å². The zero-order chi connectivity index (χ0) is 18.0. The van der Waals surface area contributed by atoms with Crippen molar-refractivity contribution >= 4 is 16.0 Å². The molecule has 128 valence electrons. The summed E-state index contributed by atoms with van der Waals surface area (Å²) in [5.41, 5.74) is 0.971. The monoisotopic (exact) mass is 347 g/mol. The van der Waals surface area contributed by atoms with Crippen molar-refractivity contribution in [1.29, 1.82) is 0 Å². The van der Waals surface area contributed by atoms with E-state index in [2.05, 4.69) is 18.4 Å². The lowest BCUT2D eigenvalue weighted by molar-refractivity contribution is -0.136. The Morgan fingerprint density at radius 1 is 1.33 bits per heavy atom. The van der Waals surface area contributed by atoms with E-state index in [0.717, 1.165) is 5.56 Å². The molecule has 1 aromatic carbocycles. The van der Waals surface area contributed by atoms with Crippen molar-refractivity contribution in [3.05, 3.63) is 54.6 Å². The molecule has 0 heterocycles. The van der Waals surface area contributed by atoms with Crippen LogP contribution in [0, 0.1) is 18.8 Å². The smallest absolute Gasteiger partial charge is 0.330 e. The summed E-state index contributed by atoms with van der Waals surface area (Å²) in [7, 11) is -3.69. The third-order valence-electron chi connectivity index (χ3n) is 3.00. The summed E-state index contributed by atoms with van der Waals surface area (Å²) in [4.78, 5) is 11.6. The second-order valence-electron chi connectivity index (χ2n) is 4.86. The molecule has 0 saturated carbocycles. The molecule has 0 unspecified atom stereocenters. The van der Waals surface area contributed by atoms with Gasteiger partial charge in [-0.05, 0) is 26.0 Å². The van der Waals surface area contributed by atoms with Crippen molar-refractivity contribution in [2.45, 2.75) is 18.7 Å². The molecule has 0 aliphatic carbocycles. The second kappa shape index (κ2) is 9.71. The van der Waals surface area contributed by atoms with Crippen LogP contribution in [0.3, 0.4) is 0 Å². The summed E-state index contributed by atoms with van der Waals surface area (Å²) in [6.07, 6.45) is 4.09. The normalized spacial score (nSPS) is 11.1. The summed E-state index contributed by atoms with van der Waals surface area (Å²) in [6.45, 7) is 7.13. The van der Waals surface area contributed by atoms with Gasteiger partial charge in [-0.2, -0.15) is 4.31 Å². The molecular formula is C18H21NO4S. The van der Waals surface area contributed by atoms with Gasteiger partial charge in [0, 0.05) is 12.6 Å². The SMILES string of the molecule is C=CCOC(=O)/C=C/CN(CC#CC)S(=O)(=O)c1ccc(C)cc1. The van der Waals surface area contributed by atoms with Crippen molar-refractivity contribution in [2.24, 2.45) is 0 Å². The van der Waals surface area contributed by atoms with Gasteiger partial charge in [-0.3, -0.25) is 0 Å². The fraction of sp³-hybridized carbons (Fsp3) is 0.278. The molecule has 0 amide bonds. The van der Waals surface area contributed by atoms with Crippen LogP contribution in [0.2, 0.25) is 0 Å². The molecule has 0 aliphatic heterocycles. The van der Waals surface area contributed by atoms with E-state index in [4.69, 9.17) is 4.74 Å². The van der Waals surface area contributed by atoms with E-state index in [9.17, 15) is 13.2 Å². The summed E-state index contributed by atoms with van der Waals surface area (Å²) in [6, 6.07) is 6.58. The Bertz CT molecular complexity index is 752. The lowest BCUT2D eigenvalue weighted by atomic mass is 10.2. The van der Waals surface area contributed by atoms with Crippen LogP contribution in [0.5, 0.6) is 0 Å². The molecule has 0 atom stereocenters. The van der Waals surface area contributed by atoms with Crippen molar-refractivity contribution in [2.75, 3.05) is 19.7 Å². The summed E-state index contributed by atoms with van der Waals surface area (Å²) in [5, 5.41) is 0. The molecule has 5 nitrogen and oxygen atoms in total. The van der Waals surface area contributed by atoms with E-state index in [1.807, 2.05) is 6.92 Å². The third kappa shape index (κ3) is 6.03. The molecule has 0 saturated heterocycles. The Morgan fingerprint density at radius 2 is 2.00 bits per heavy atom. The molecule has 1 rings (SSSR count). The Balaban J connectivity index is 2.92. The number of aryl methyl sites for hydroxylation is 1. The van der Waals surface area contributed by atoms with Gasteiger partial charge in [0.05, 0.1) is 11.4 Å². The topological polar surface area (TPSA) is 63.7 Å². The lowest BCUT2D eigenvalue weighted by Crippen LogP contribution is -2.31. The largest absolute Gasteiger partial charge is 0.458 e. The highest BCUT2D eigenvalue weighted by Gasteiger charge is 2.22. The molecular weight excluding hydrogens is 326 g/mol. The number of sulfonamides is 1. The van der Waals surface area contributed by atoms with E-state index >= 15 is 0 Å². The van der Waals surface area contributed by atoms with Crippen LogP contribution in [-0.2, 0) is 19.6 Å². The molecule has 0 aliphatic rings. The number of hydrogen-bond donors (Lipinski definition) is 0. The Labute approximate surface area is 143 Å². The zero-order valence-electron chi connectivity index (χ0n) is 13.9. The van der Waals surface area contributed by atoms with Gasteiger partial charge >= 0.3 is 5.97 Å². The highest BCUT2D eigenvalue weighted by molar-refractivity contribution is 7.89. The third-order valence-corrected chi connectivity index (χ3v) is 4.82. The number of esters is 1. The molecule has 0 radical (unpaired) electrons. The molecule has 0 fully saturated rings. The minimum atomic E-state index is -3.69. The van der Waals surface area contributed by atoms with E-state index < -0.39 is 16.0 Å². The summed E-state index contributed by atoms with van der Waals surface area (Å²) in [5.74, 6) is 4.86. The number of rotatable bonds is 8. The minimum absolute atomic E-state index is 0.0219. The maximum Gasteiger partial charge on any atom is 0.330 e. The zero-order valence-corrected chi connectivity index (χ0v) is 14.7. The quantitative estimate of drug-likeness (QED) is 0.313. The molecule has 0 N–H and O–H groups in total. The summed E-state index contributed by atoms with van der Waals surface area (Å²) < 4.78 is 31.4. The molecule has 0 aromatic heterocycles. The van der Waals surface area contributed by atoms with E-state index in [1.54, 1.807) is 31.2 Å². The van der Waals surface area contributed by atoms with E-state index in [-0.39, 0.29) is 24.6 Å². The van der Waals surface area contributed by atoms with Crippen molar-refractivity contribution in [3.63, 3.8) is 0 Å². The average molecular weight is 347 g/mol. The maximum atomic E-state index is 12.7. The molecule has 24 heavy (non-hydrogen) atoms. The predicted molar refractivity (Wildman–Crippen MR) is 93.7 cm³/mol. The number of nitrogens with zero attached hydrogens (tertiary/aromatic N) is 1. The van der Waals surface area contributed by atoms with Crippen LogP contribution in [0.1, 0.15) is 12.5 Å². The van der Waals surface area contributed by atoms with Crippen molar-refractivity contribution in [3.8, 4) is 11.8 Å². The number of benzene rings is 1. The first-order valence-electron chi connectivity index (χ1n) is 7.32. The number of hydrogen-bond acceptors (Lipinski definition) is 4. The molecule has 0 spiro atoms. The van der Waals surface area contributed by atoms with Gasteiger partial charge in [0.15, 0.2) is 0 Å². The molecule has 1 aromatic rings. The highest BCUT2D eigenvalue weighted by Crippen LogP contribution is 2.16. The number of carbonyl (C=O) groups excluding carboxylic acids is 1. The fourth-order valence-corrected chi connectivity index (χ4v) is 3.02. The van der Waals surface area contributed by atoms with Crippen LogP contribution in [-0.4, -0.2) is 38.4 Å². The first-order valence-corrected chi connectivity index (χ1v) is 8.76. The minimum Gasteiger partial charge on any atom is -0.458 e. The average Bonchev–Trinajstić information content (AvgIpc) is 2.56. The van der Waals surface area contributed by atoms with Gasteiger partial charge in [0.25, 0.3) is 0 Å². The van der Waals surface area contributed by atoms with Gasteiger partial charge in [-0.25, -0.2) is 13.2 Å². The van der Waals surface area contributed by atoms with Gasteiger partial charge in [-0.15, -0.1) is 5.92 Å². The molecule has 0 bridgehead atoms. The Hall–Kier alpha value is -2.36. The number of carbonyl (C=O) groups is 1. The van der Waals surface area contributed by atoms with Crippen LogP contribution in [0.25, 0.3) is 0 Å². The first kappa shape index (κ1) is 19.7. The standard InChI is InChI=1S/C18H21NO4S/c1-4-6-13-19(14-7-8-18(20)23-15-5-2)24(21,22)17-11-9-16(3)10-12-17/h5,7-12H,2,13-15H2,1,3H3/b8-7+. The van der Waals surface area contributed by atoms with Crippen LogP contribution >= 0.6 is 0 Å². The predicted octanol–water partition coefficient (Wildman–Crippen LogP) is 2.29. The van der Waals surface area contributed by atoms with Crippen LogP contribution in [0.4, 0.5) is 0 Å². The summed E-state index contributed by atoms with van der Waals surface area (Å²) >= 11 is 0. The number of ether oxygens (including phenoxy) is 1. The Kier molecular flexibility index (Phi) is 7.96. The van der Waals surface area contributed by atoms with E-state index in [0.29, 0.717) is 0 Å². The maximum absolute atomic E-state index is 12.7. The fourth-order valence-electron chi connectivity index (χ4n) is 1.73. The molecule has 6 heteroatoms. The lowest BCUT2D eigenvalue weighted by Gasteiger charge is -2.18. The van der Waals surface area contributed by atoms with Crippen molar-refractivity contribution in [1.82, 2.24) is 4.31 Å². The van der Waals surface area contributed by atoms with Crippen LogP contribution in [0.15, 0.2) is 54.0 Å². The van der Waals surface area contributed by atoms with Crippen LogP contribution < -0.4 is 0 Å². The van der Waals surface area contributed by atoms with Gasteiger partial charge in [0.1, 0.15) is 6.61 Å². The highest BCUT2D eigenvalue weighted by atomic mass is 32.2. The van der Waals surface area contributed by atoms with Gasteiger partial charge in [0.2, 0.25) is 10.0 Å². The first-order chi connectivity index (χ1) is 11.4. The van der Waals surface area contributed by atoms with Gasteiger partial charge in [-0.1, -0.05) is 42.3 Å².